The summed E-state index contributed by atoms with van der Waals surface area (Å²) in [6.07, 6.45) is 1.71. The number of methoxy groups -OCH3 is 1. The van der Waals surface area contributed by atoms with E-state index in [1.54, 1.807) is 37.3 Å². The van der Waals surface area contributed by atoms with Gasteiger partial charge in [0.1, 0.15) is 0 Å². The first kappa shape index (κ1) is 16.5. The molecule has 1 aliphatic heterocycles. The number of amides is 1. The molecule has 2 heterocycles. The summed E-state index contributed by atoms with van der Waals surface area (Å²) in [5, 5.41) is 2.35. The van der Waals surface area contributed by atoms with Crippen LogP contribution in [0.25, 0.3) is 6.08 Å². The molecule has 0 aliphatic carbocycles. The van der Waals surface area contributed by atoms with Crippen LogP contribution in [-0.2, 0) is 14.3 Å². The number of anilines is 1. The number of benzene rings is 1. The molecule has 0 atom stereocenters. The second-order valence-corrected chi connectivity index (χ2v) is 6.50. The van der Waals surface area contributed by atoms with Crippen LogP contribution in [0.2, 0.25) is 5.02 Å². The van der Waals surface area contributed by atoms with E-state index in [0.717, 1.165) is 4.88 Å². The van der Waals surface area contributed by atoms with E-state index in [2.05, 4.69) is 0 Å². The molecule has 1 aromatic heterocycles. The highest BCUT2D eigenvalue weighted by atomic mass is 35.5. The van der Waals surface area contributed by atoms with Gasteiger partial charge in [-0.1, -0.05) is 29.8 Å². The summed E-state index contributed by atoms with van der Waals surface area (Å²) in [6, 6.07) is 10.8. The van der Waals surface area contributed by atoms with Crippen molar-refractivity contribution >= 4 is 46.6 Å². The molecule has 24 heavy (non-hydrogen) atoms. The van der Waals surface area contributed by atoms with Gasteiger partial charge < -0.3 is 4.74 Å². The minimum absolute atomic E-state index is 0.260. The molecule has 1 amide bonds. The average molecular weight is 360 g/mol. The molecule has 0 unspecified atom stereocenters. The SMILES string of the molecule is COC(=O)C1=C(C)N(c2ccccc2Cl)C(=O)/C1=C/c1cccs1. The molecule has 0 saturated carbocycles. The smallest absolute Gasteiger partial charge is 0.340 e. The number of ether oxygens (including phenoxy) is 1. The zero-order chi connectivity index (χ0) is 17.3. The Morgan fingerprint density at radius 1 is 1.25 bits per heavy atom. The number of rotatable bonds is 3. The summed E-state index contributed by atoms with van der Waals surface area (Å²) in [4.78, 5) is 27.6. The molecule has 2 aromatic rings. The van der Waals surface area contributed by atoms with Crippen molar-refractivity contribution in [3.05, 3.63) is 68.5 Å². The van der Waals surface area contributed by atoms with Gasteiger partial charge in [-0.3, -0.25) is 9.69 Å². The Balaban J connectivity index is 2.17. The van der Waals surface area contributed by atoms with Gasteiger partial charge in [-0.05, 0) is 36.6 Å². The van der Waals surface area contributed by atoms with Crippen LogP contribution >= 0.6 is 22.9 Å². The highest BCUT2D eigenvalue weighted by molar-refractivity contribution is 7.10. The van der Waals surface area contributed by atoms with Gasteiger partial charge in [0.15, 0.2) is 0 Å². The molecule has 0 fully saturated rings. The van der Waals surface area contributed by atoms with Crippen LogP contribution in [0.3, 0.4) is 0 Å². The Bertz CT molecular complexity index is 868. The lowest BCUT2D eigenvalue weighted by atomic mass is 10.1. The predicted molar refractivity (Wildman–Crippen MR) is 96.0 cm³/mol. The number of thiophene rings is 1. The molecule has 0 radical (unpaired) electrons. The lowest BCUT2D eigenvalue weighted by molar-refractivity contribution is -0.136. The quantitative estimate of drug-likeness (QED) is 0.607. The van der Waals surface area contributed by atoms with Gasteiger partial charge in [0.05, 0.1) is 29.0 Å². The van der Waals surface area contributed by atoms with Crippen molar-refractivity contribution < 1.29 is 14.3 Å². The Morgan fingerprint density at radius 3 is 2.62 bits per heavy atom. The molecule has 122 valence electrons. The van der Waals surface area contributed by atoms with Gasteiger partial charge in [-0.15, -0.1) is 11.3 Å². The van der Waals surface area contributed by atoms with Gasteiger partial charge in [0.25, 0.3) is 5.91 Å². The number of carbonyl (C=O) groups is 2. The van der Waals surface area contributed by atoms with Gasteiger partial charge in [0.2, 0.25) is 0 Å². The number of hydrogen-bond donors (Lipinski definition) is 0. The number of hydrogen-bond acceptors (Lipinski definition) is 4. The van der Waals surface area contributed by atoms with Gasteiger partial charge in [-0.2, -0.15) is 0 Å². The Morgan fingerprint density at radius 2 is 2.00 bits per heavy atom. The summed E-state index contributed by atoms with van der Waals surface area (Å²) in [6.45, 7) is 1.71. The van der Waals surface area contributed by atoms with Crippen molar-refractivity contribution in [1.29, 1.82) is 0 Å². The summed E-state index contributed by atoms with van der Waals surface area (Å²) < 4.78 is 4.87. The second kappa shape index (κ2) is 6.63. The summed E-state index contributed by atoms with van der Waals surface area (Å²) in [5.74, 6) is -0.840. The number of allylic oxidation sites excluding steroid dienone is 1. The maximum absolute atomic E-state index is 13.0. The Hall–Kier alpha value is -2.37. The number of para-hydroxylation sites is 1. The van der Waals surface area contributed by atoms with Crippen LogP contribution in [-0.4, -0.2) is 19.0 Å². The van der Waals surface area contributed by atoms with Gasteiger partial charge in [-0.25, -0.2) is 4.79 Å². The monoisotopic (exact) mass is 359 g/mol. The lowest BCUT2D eigenvalue weighted by Gasteiger charge is -2.19. The summed E-state index contributed by atoms with van der Waals surface area (Å²) in [7, 11) is 1.30. The predicted octanol–water partition coefficient (Wildman–Crippen LogP) is 4.28. The van der Waals surface area contributed by atoms with E-state index in [9.17, 15) is 9.59 Å². The van der Waals surface area contributed by atoms with E-state index in [1.165, 1.54) is 23.3 Å². The van der Waals surface area contributed by atoms with E-state index >= 15 is 0 Å². The minimum Gasteiger partial charge on any atom is -0.465 e. The number of esters is 1. The van der Waals surface area contributed by atoms with E-state index in [1.807, 2.05) is 17.5 Å². The fourth-order valence-electron chi connectivity index (χ4n) is 2.62. The fraction of sp³-hybridized carbons (Fsp3) is 0.111. The molecular formula is C18H14ClNO3S. The first-order valence-corrected chi connectivity index (χ1v) is 8.44. The van der Waals surface area contributed by atoms with Crippen LogP contribution in [0.15, 0.2) is 58.6 Å². The van der Waals surface area contributed by atoms with E-state index in [4.69, 9.17) is 16.3 Å². The summed E-state index contributed by atoms with van der Waals surface area (Å²) >= 11 is 7.72. The van der Waals surface area contributed by atoms with Crippen molar-refractivity contribution in [2.24, 2.45) is 0 Å². The molecule has 0 saturated heterocycles. The highest BCUT2D eigenvalue weighted by Gasteiger charge is 2.38. The van der Waals surface area contributed by atoms with E-state index in [-0.39, 0.29) is 11.5 Å². The molecule has 4 nitrogen and oxygen atoms in total. The highest BCUT2D eigenvalue weighted by Crippen LogP contribution is 2.38. The molecule has 3 rings (SSSR count). The maximum atomic E-state index is 13.0. The zero-order valence-corrected chi connectivity index (χ0v) is 14.6. The molecule has 6 heteroatoms. The number of halogens is 1. The van der Waals surface area contributed by atoms with E-state index < -0.39 is 5.97 Å². The topological polar surface area (TPSA) is 46.6 Å². The molecular weight excluding hydrogens is 346 g/mol. The third kappa shape index (κ3) is 2.77. The van der Waals surface area contributed by atoms with Gasteiger partial charge >= 0.3 is 5.97 Å². The van der Waals surface area contributed by atoms with Gasteiger partial charge in [0, 0.05) is 10.6 Å². The Labute approximate surface area is 148 Å². The lowest BCUT2D eigenvalue weighted by Crippen LogP contribution is -2.24. The largest absolute Gasteiger partial charge is 0.465 e. The van der Waals surface area contributed by atoms with Crippen LogP contribution < -0.4 is 4.90 Å². The minimum atomic E-state index is -0.543. The second-order valence-electron chi connectivity index (χ2n) is 5.12. The van der Waals surface area contributed by atoms with Crippen LogP contribution in [0.4, 0.5) is 5.69 Å². The standard InChI is InChI=1S/C18H14ClNO3S/c1-11-16(18(22)23-2)13(10-12-6-5-9-24-12)17(21)20(11)15-8-4-3-7-14(15)19/h3-10H,1-2H3/b13-10+. The molecule has 1 aromatic carbocycles. The first-order chi connectivity index (χ1) is 11.5. The average Bonchev–Trinajstić information content (AvgIpc) is 3.16. The number of nitrogens with zero attached hydrogens (tertiary/aromatic N) is 1. The van der Waals surface area contributed by atoms with Crippen molar-refractivity contribution in [3.8, 4) is 0 Å². The molecule has 1 aliphatic rings. The van der Waals surface area contributed by atoms with E-state index in [0.29, 0.717) is 22.0 Å². The fourth-order valence-corrected chi connectivity index (χ4v) is 3.50. The summed E-state index contributed by atoms with van der Waals surface area (Å²) in [5.41, 5.74) is 1.61. The first-order valence-electron chi connectivity index (χ1n) is 7.18. The molecule has 0 bridgehead atoms. The molecule has 0 spiro atoms. The van der Waals surface area contributed by atoms with Crippen LogP contribution in [0, 0.1) is 0 Å². The van der Waals surface area contributed by atoms with Crippen molar-refractivity contribution in [2.45, 2.75) is 6.92 Å². The van der Waals surface area contributed by atoms with Crippen LogP contribution in [0.5, 0.6) is 0 Å². The molecule has 0 N–H and O–H groups in total. The van der Waals surface area contributed by atoms with Crippen molar-refractivity contribution in [1.82, 2.24) is 0 Å². The third-order valence-electron chi connectivity index (χ3n) is 3.71. The Kier molecular flexibility index (Phi) is 4.55. The zero-order valence-electron chi connectivity index (χ0n) is 13.1. The normalized spacial score (nSPS) is 16.2. The maximum Gasteiger partial charge on any atom is 0.340 e. The van der Waals surface area contributed by atoms with Crippen molar-refractivity contribution in [3.63, 3.8) is 0 Å². The third-order valence-corrected chi connectivity index (χ3v) is 4.85. The van der Waals surface area contributed by atoms with Crippen molar-refractivity contribution in [2.75, 3.05) is 12.0 Å². The number of carbonyl (C=O) groups excluding carboxylic acids is 2. The van der Waals surface area contributed by atoms with Crippen LogP contribution in [0.1, 0.15) is 11.8 Å².